The third-order valence-corrected chi connectivity index (χ3v) is 8.82. The molecule has 0 amide bonds. The van der Waals surface area contributed by atoms with Crippen LogP contribution in [0.5, 0.6) is 0 Å². The van der Waals surface area contributed by atoms with Crippen LogP contribution in [0, 0.1) is 17.2 Å². The van der Waals surface area contributed by atoms with Gasteiger partial charge in [-0.15, -0.1) is 0 Å². The fourth-order valence-electron chi connectivity index (χ4n) is 4.95. The van der Waals surface area contributed by atoms with Crippen molar-refractivity contribution < 1.29 is 17.2 Å². The van der Waals surface area contributed by atoms with Gasteiger partial charge >= 0.3 is 0 Å². The smallest absolute Gasteiger partial charge is 0.261 e. The molecule has 1 aliphatic carbocycles. The second kappa shape index (κ2) is 7.87. The van der Waals surface area contributed by atoms with Crippen LogP contribution in [-0.2, 0) is 22.9 Å². The standard InChI is InChI=1S/C27H28FNO3S/c1-4-27(2,3)17-9-14-25-22(15-17)23-16-24(20-7-5-6-8-21(20)26(23)32-25)29-33(30,31)19-12-10-18(28)11-13-19/h5-8,10-13,16-17,29H,4,9,14-15H2,1-3H3/t17-/m0/s1. The quantitative estimate of drug-likeness (QED) is 0.343. The van der Waals surface area contributed by atoms with Crippen LogP contribution in [-0.4, -0.2) is 8.42 Å². The molecule has 0 spiro atoms. The summed E-state index contributed by atoms with van der Waals surface area (Å²) >= 11 is 0. The molecule has 4 nitrogen and oxygen atoms in total. The minimum absolute atomic E-state index is 0.0204. The van der Waals surface area contributed by atoms with Crippen molar-refractivity contribution in [2.45, 2.75) is 51.3 Å². The highest BCUT2D eigenvalue weighted by Gasteiger charge is 2.34. The van der Waals surface area contributed by atoms with Crippen molar-refractivity contribution in [3.8, 4) is 0 Å². The maximum atomic E-state index is 13.3. The van der Waals surface area contributed by atoms with E-state index >= 15 is 0 Å². The Morgan fingerprint density at radius 3 is 2.45 bits per heavy atom. The summed E-state index contributed by atoms with van der Waals surface area (Å²) in [6, 6.07) is 14.4. The van der Waals surface area contributed by atoms with Crippen LogP contribution in [0.3, 0.4) is 0 Å². The number of benzene rings is 3. The molecule has 1 aromatic heterocycles. The average Bonchev–Trinajstić information content (AvgIpc) is 3.17. The molecule has 0 saturated heterocycles. The largest absolute Gasteiger partial charge is 0.460 e. The predicted molar refractivity (Wildman–Crippen MR) is 131 cm³/mol. The summed E-state index contributed by atoms with van der Waals surface area (Å²) in [6.07, 6.45) is 4.01. The molecule has 5 rings (SSSR count). The molecule has 3 aromatic carbocycles. The van der Waals surface area contributed by atoms with Crippen molar-refractivity contribution in [3.63, 3.8) is 0 Å². The molecule has 0 saturated carbocycles. The highest BCUT2D eigenvalue weighted by Crippen LogP contribution is 2.45. The summed E-state index contributed by atoms with van der Waals surface area (Å²) in [7, 11) is -3.88. The first kappa shape index (κ1) is 22.0. The Labute approximate surface area is 193 Å². The summed E-state index contributed by atoms with van der Waals surface area (Å²) in [5.41, 5.74) is 2.74. The minimum atomic E-state index is -3.88. The van der Waals surface area contributed by atoms with Gasteiger partial charge in [0.15, 0.2) is 0 Å². The van der Waals surface area contributed by atoms with Crippen LogP contribution in [0.15, 0.2) is 63.9 Å². The van der Waals surface area contributed by atoms with E-state index in [-0.39, 0.29) is 10.3 Å². The van der Waals surface area contributed by atoms with Gasteiger partial charge in [-0.3, -0.25) is 4.72 Å². The molecule has 0 aliphatic heterocycles. The Bertz CT molecular complexity index is 1450. The number of fused-ring (bicyclic) bond motifs is 5. The van der Waals surface area contributed by atoms with Crippen molar-refractivity contribution in [1.82, 2.24) is 0 Å². The number of sulfonamides is 1. The van der Waals surface area contributed by atoms with Crippen molar-refractivity contribution in [1.29, 1.82) is 0 Å². The Morgan fingerprint density at radius 2 is 1.76 bits per heavy atom. The van der Waals surface area contributed by atoms with Crippen LogP contribution in [0.1, 0.15) is 44.9 Å². The lowest BCUT2D eigenvalue weighted by Crippen LogP contribution is -2.28. The van der Waals surface area contributed by atoms with E-state index in [1.54, 1.807) is 0 Å². The lowest BCUT2D eigenvalue weighted by atomic mass is 9.69. The predicted octanol–water partition coefficient (Wildman–Crippen LogP) is 7.07. The molecule has 0 fully saturated rings. The minimum Gasteiger partial charge on any atom is -0.460 e. The molecule has 0 radical (unpaired) electrons. The van der Waals surface area contributed by atoms with Crippen molar-refractivity contribution >= 4 is 37.5 Å². The number of hydrogen-bond donors (Lipinski definition) is 1. The molecule has 172 valence electrons. The van der Waals surface area contributed by atoms with Crippen molar-refractivity contribution in [2.24, 2.45) is 11.3 Å². The van der Waals surface area contributed by atoms with Crippen molar-refractivity contribution in [3.05, 3.63) is 71.7 Å². The van der Waals surface area contributed by atoms with Gasteiger partial charge < -0.3 is 4.42 Å². The zero-order valence-corrected chi connectivity index (χ0v) is 19.9. The second-order valence-corrected chi connectivity index (χ2v) is 11.4. The Kier molecular flexibility index (Phi) is 5.24. The second-order valence-electron chi connectivity index (χ2n) is 9.69. The molecule has 1 N–H and O–H groups in total. The summed E-state index contributed by atoms with van der Waals surface area (Å²) in [5, 5.41) is 2.62. The van der Waals surface area contributed by atoms with Gasteiger partial charge in [0.2, 0.25) is 0 Å². The van der Waals surface area contributed by atoms with Crippen LogP contribution in [0.4, 0.5) is 10.1 Å². The van der Waals surface area contributed by atoms with Gasteiger partial charge in [-0.05, 0) is 54.5 Å². The Balaban J connectivity index is 1.65. The summed E-state index contributed by atoms with van der Waals surface area (Å²) < 4.78 is 48.6. The lowest BCUT2D eigenvalue weighted by Gasteiger charge is -2.36. The Morgan fingerprint density at radius 1 is 1.06 bits per heavy atom. The van der Waals surface area contributed by atoms with E-state index in [0.29, 0.717) is 11.6 Å². The Hall–Kier alpha value is -2.86. The SMILES string of the molecule is CCC(C)(C)[C@H]1CCc2oc3c(cc(NS(=O)(=O)c4ccc(F)cc4)c4ccccc43)c2C1. The number of rotatable bonds is 5. The average molecular weight is 466 g/mol. The first-order valence-corrected chi connectivity index (χ1v) is 12.9. The fourth-order valence-corrected chi connectivity index (χ4v) is 6.03. The molecule has 6 heteroatoms. The van der Waals surface area contributed by atoms with E-state index in [9.17, 15) is 12.8 Å². The number of anilines is 1. The fraction of sp³-hybridized carbons (Fsp3) is 0.333. The molecule has 1 atom stereocenters. The monoisotopic (exact) mass is 465 g/mol. The van der Waals surface area contributed by atoms with Gasteiger partial charge in [0.05, 0.1) is 10.6 Å². The van der Waals surface area contributed by atoms with Gasteiger partial charge in [-0.1, -0.05) is 51.5 Å². The number of nitrogens with one attached hydrogen (secondary N) is 1. The van der Waals surface area contributed by atoms with E-state index in [0.717, 1.165) is 65.3 Å². The van der Waals surface area contributed by atoms with Gasteiger partial charge in [0.1, 0.15) is 17.2 Å². The summed E-state index contributed by atoms with van der Waals surface area (Å²) in [6.45, 7) is 6.88. The summed E-state index contributed by atoms with van der Waals surface area (Å²) in [5.74, 6) is 1.08. The van der Waals surface area contributed by atoms with Crippen LogP contribution < -0.4 is 4.72 Å². The molecular weight excluding hydrogens is 437 g/mol. The van der Waals surface area contributed by atoms with E-state index in [1.165, 1.54) is 17.7 Å². The zero-order valence-electron chi connectivity index (χ0n) is 19.1. The molecule has 4 aromatic rings. The normalized spacial score (nSPS) is 16.8. The van der Waals surface area contributed by atoms with Crippen molar-refractivity contribution in [2.75, 3.05) is 4.72 Å². The molecule has 33 heavy (non-hydrogen) atoms. The van der Waals surface area contributed by atoms with E-state index < -0.39 is 15.8 Å². The maximum Gasteiger partial charge on any atom is 0.261 e. The number of aryl methyl sites for hydroxylation is 1. The third-order valence-electron chi connectivity index (χ3n) is 7.44. The first-order chi connectivity index (χ1) is 15.7. The maximum absolute atomic E-state index is 13.3. The van der Waals surface area contributed by atoms with E-state index in [4.69, 9.17) is 4.42 Å². The van der Waals surface area contributed by atoms with E-state index in [2.05, 4.69) is 25.5 Å². The van der Waals surface area contributed by atoms with Gasteiger partial charge in [-0.2, -0.15) is 0 Å². The molecular formula is C27H28FNO3S. The number of hydrogen-bond acceptors (Lipinski definition) is 3. The third kappa shape index (κ3) is 3.80. The lowest BCUT2D eigenvalue weighted by molar-refractivity contribution is 0.179. The van der Waals surface area contributed by atoms with Gasteiger partial charge in [-0.25, -0.2) is 12.8 Å². The van der Waals surface area contributed by atoms with Gasteiger partial charge in [0, 0.05) is 28.1 Å². The molecule has 1 heterocycles. The first-order valence-electron chi connectivity index (χ1n) is 11.4. The molecule has 0 bridgehead atoms. The highest BCUT2D eigenvalue weighted by molar-refractivity contribution is 7.92. The summed E-state index contributed by atoms with van der Waals surface area (Å²) in [4.78, 5) is 0.0204. The molecule has 1 aliphatic rings. The molecule has 0 unspecified atom stereocenters. The number of furan rings is 1. The van der Waals surface area contributed by atoms with Crippen LogP contribution in [0.2, 0.25) is 0 Å². The van der Waals surface area contributed by atoms with Crippen LogP contribution >= 0.6 is 0 Å². The van der Waals surface area contributed by atoms with Gasteiger partial charge in [0.25, 0.3) is 10.0 Å². The highest BCUT2D eigenvalue weighted by atomic mass is 32.2. The van der Waals surface area contributed by atoms with Crippen LogP contribution in [0.25, 0.3) is 21.7 Å². The topological polar surface area (TPSA) is 59.3 Å². The zero-order chi connectivity index (χ0) is 23.4. The number of halogens is 1. The van der Waals surface area contributed by atoms with E-state index in [1.807, 2.05) is 30.3 Å².